The number of thiophene rings is 1. The molecule has 0 atom stereocenters. The normalized spacial score (nSPS) is 17.6. The Balaban J connectivity index is 2.16. The topological polar surface area (TPSA) is 26.0 Å². The van der Waals surface area contributed by atoms with Crippen molar-refractivity contribution in [1.29, 1.82) is 0 Å². The van der Waals surface area contributed by atoms with Gasteiger partial charge >= 0.3 is 0 Å². The molecule has 0 aromatic carbocycles. The minimum Gasteiger partial charge on any atom is -0.326 e. The number of nitrogens with two attached hydrogens (primary N) is 1. The number of hydrogen-bond acceptors (Lipinski definition) is 2. The minimum absolute atomic E-state index is 0.670. The molecule has 0 saturated carbocycles. The molecule has 0 spiro atoms. The average Bonchev–Trinajstić information content (AvgIpc) is 2.53. The molecule has 0 radical (unpaired) electrons. The number of hydrogen-bond donors (Lipinski definition) is 1. The second kappa shape index (κ2) is 4.76. The van der Waals surface area contributed by atoms with Crippen LogP contribution in [0.2, 0.25) is 0 Å². The van der Waals surface area contributed by atoms with Gasteiger partial charge in [0.25, 0.3) is 0 Å². The SMILES string of the molecule is NCc1csc(C2=CCCCCC2)c1. The molecule has 1 aliphatic rings. The molecule has 1 aromatic heterocycles. The maximum atomic E-state index is 5.61. The van der Waals surface area contributed by atoms with Crippen molar-refractivity contribution in [3.8, 4) is 0 Å². The van der Waals surface area contributed by atoms with Gasteiger partial charge in [0.1, 0.15) is 0 Å². The maximum Gasteiger partial charge on any atom is 0.0302 e. The quantitative estimate of drug-likeness (QED) is 0.788. The molecule has 14 heavy (non-hydrogen) atoms. The molecule has 1 aliphatic carbocycles. The van der Waals surface area contributed by atoms with Crippen LogP contribution >= 0.6 is 11.3 Å². The lowest BCUT2D eigenvalue weighted by Crippen LogP contribution is -1.92. The zero-order chi connectivity index (χ0) is 9.80. The third kappa shape index (κ3) is 2.25. The van der Waals surface area contributed by atoms with Crippen LogP contribution < -0.4 is 5.73 Å². The zero-order valence-corrected chi connectivity index (χ0v) is 9.28. The second-order valence-electron chi connectivity index (χ2n) is 3.85. The molecule has 0 amide bonds. The molecule has 2 heteroatoms. The van der Waals surface area contributed by atoms with Gasteiger partial charge in [-0.05, 0) is 48.3 Å². The Hall–Kier alpha value is -0.600. The van der Waals surface area contributed by atoms with Crippen molar-refractivity contribution in [2.24, 2.45) is 5.73 Å². The van der Waals surface area contributed by atoms with Crippen LogP contribution in [0, 0.1) is 0 Å². The summed E-state index contributed by atoms with van der Waals surface area (Å²) in [5.41, 5.74) is 8.43. The van der Waals surface area contributed by atoms with E-state index >= 15 is 0 Å². The van der Waals surface area contributed by atoms with Gasteiger partial charge in [-0.15, -0.1) is 11.3 Å². The predicted molar refractivity (Wildman–Crippen MR) is 63.3 cm³/mol. The molecular formula is C12H17NS. The van der Waals surface area contributed by atoms with Crippen LogP contribution in [-0.4, -0.2) is 0 Å². The Kier molecular flexibility index (Phi) is 3.38. The molecule has 1 aromatic rings. The van der Waals surface area contributed by atoms with Crippen molar-refractivity contribution in [1.82, 2.24) is 0 Å². The fraction of sp³-hybridized carbons (Fsp3) is 0.500. The number of rotatable bonds is 2. The first-order valence-electron chi connectivity index (χ1n) is 5.37. The average molecular weight is 207 g/mol. The van der Waals surface area contributed by atoms with E-state index in [1.807, 2.05) is 11.3 Å². The van der Waals surface area contributed by atoms with Crippen molar-refractivity contribution in [2.75, 3.05) is 0 Å². The molecule has 2 rings (SSSR count). The maximum absolute atomic E-state index is 5.61. The highest BCUT2D eigenvalue weighted by Crippen LogP contribution is 2.30. The van der Waals surface area contributed by atoms with Crippen LogP contribution in [-0.2, 0) is 6.54 Å². The highest BCUT2D eigenvalue weighted by atomic mass is 32.1. The summed E-state index contributed by atoms with van der Waals surface area (Å²) in [4.78, 5) is 1.44. The second-order valence-corrected chi connectivity index (χ2v) is 4.76. The van der Waals surface area contributed by atoms with E-state index in [-0.39, 0.29) is 0 Å². The largest absolute Gasteiger partial charge is 0.326 e. The molecule has 0 unspecified atom stereocenters. The summed E-state index contributed by atoms with van der Waals surface area (Å²) < 4.78 is 0. The first-order chi connectivity index (χ1) is 6.90. The van der Waals surface area contributed by atoms with E-state index in [9.17, 15) is 0 Å². The zero-order valence-electron chi connectivity index (χ0n) is 8.46. The predicted octanol–water partition coefficient (Wildman–Crippen LogP) is 3.55. The lowest BCUT2D eigenvalue weighted by Gasteiger charge is -2.00. The van der Waals surface area contributed by atoms with Crippen LogP contribution in [0.1, 0.15) is 42.5 Å². The number of allylic oxidation sites excluding steroid dienone is 2. The Labute approximate surface area is 89.6 Å². The van der Waals surface area contributed by atoms with Gasteiger partial charge in [-0.25, -0.2) is 0 Å². The summed E-state index contributed by atoms with van der Waals surface area (Å²) in [6, 6.07) is 2.25. The van der Waals surface area contributed by atoms with E-state index in [1.165, 1.54) is 42.5 Å². The Bertz CT molecular complexity index is 325. The summed E-state index contributed by atoms with van der Waals surface area (Å²) in [5.74, 6) is 0. The van der Waals surface area contributed by atoms with Crippen LogP contribution in [0.3, 0.4) is 0 Å². The van der Waals surface area contributed by atoms with Crippen molar-refractivity contribution >= 4 is 16.9 Å². The van der Waals surface area contributed by atoms with Crippen molar-refractivity contribution < 1.29 is 0 Å². The van der Waals surface area contributed by atoms with E-state index in [4.69, 9.17) is 5.73 Å². The van der Waals surface area contributed by atoms with Gasteiger partial charge < -0.3 is 5.73 Å². The summed E-state index contributed by atoms with van der Waals surface area (Å²) in [6.45, 7) is 0.670. The van der Waals surface area contributed by atoms with Crippen LogP contribution in [0.15, 0.2) is 17.5 Å². The molecule has 76 valence electrons. The van der Waals surface area contributed by atoms with Gasteiger partial charge in [-0.1, -0.05) is 12.5 Å². The molecule has 1 nitrogen and oxygen atoms in total. The third-order valence-electron chi connectivity index (χ3n) is 2.75. The highest BCUT2D eigenvalue weighted by Gasteiger charge is 2.07. The van der Waals surface area contributed by atoms with E-state index in [0.29, 0.717) is 6.54 Å². The van der Waals surface area contributed by atoms with Crippen LogP contribution in [0.25, 0.3) is 5.57 Å². The van der Waals surface area contributed by atoms with E-state index in [0.717, 1.165) is 0 Å². The fourth-order valence-corrected chi connectivity index (χ4v) is 2.89. The lowest BCUT2D eigenvalue weighted by atomic mass is 10.1. The molecular weight excluding hydrogens is 190 g/mol. The first kappa shape index (κ1) is 9.94. The first-order valence-corrected chi connectivity index (χ1v) is 6.25. The van der Waals surface area contributed by atoms with Gasteiger partial charge in [0, 0.05) is 11.4 Å². The van der Waals surface area contributed by atoms with Crippen LogP contribution in [0.4, 0.5) is 0 Å². The summed E-state index contributed by atoms with van der Waals surface area (Å²) in [5, 5.41) is 2.18. The molecule has 0 bridgehead atoms. The van der Waals surface area contributed by atoms with Gasteiger partial charge in [-0.3, -0.25) is 0 Å². The molecule has 2 N–H and O–H groups in total. The Morgan fingerprint density at radius 3 is 3.00 bits per heavy atom. The van der Waals surface area contributed by atoms with E-state index in [2.05, 4.69) is 17.5 Å². The van der Waals surface area contributed by atoms with E-state index in [1.54, 1.807) is 5.57 Å². The van der Waals surface area contributed by atoms with Gasteiger partial charge in [-0.2, -0.15) is 0 Å². The summed E-state index contributed by atoms with van der Waals surface area (Å²) >= 11 is 1.84. The summed E-state index contributed by atoms with van der Waals surface area (Å²) in [6.07, 6.45) is 9.02. The van der Waals surface area contributed by atoms with Crippen molar-refractivity contribution in [2.45, 2.75) is 38.6 Å². The van der Waals surface area contributed by atoms with Gasteiger partial charge in [0.05, 0.1) is 0 Å². The summed E-state index contributed by atoms with van der Waals surface area (Å²) in [7, 11) is 0. The highest BCUT2D eigenvalue weighted by molar-refractivity contribution is 7.11. The molecule has 0 fully saturated rings. The van der Waals surface area contributed by atoms with Crippen molar-refractivity contribution in [3.05, 3.63) is 28.0 Å². The molecule has 1 heterocycles. The van der Waals surface area contributed by atoms with Gasteiger partial charge in [0.15, 0.2) is 0 Å². The standard InChI is InChI=1S/C12H17NS/c13-8-10-7-12(14-9-10)11-5-3-1-2-4-6-11/h5,7,9H,1-4,6,8,13H2. The third-order valence-corrected chi connectivity index (χ3v) is 3.80. The molecule has 0 saturated heterocycles. The molecule has 0 aliphatic heterocycles. The minimum atomic E-state index is 0.670. The van der Waals surface area contributed by atoms with Crippen LogP contribution in [0.5, 0.6) is 0 Å². The fourth-order valence-electron chi connectivity index (χ4n) is 1.89. The van der Waals surface area contributed by atoms with E-state index < -0.39 is 0 Å². The monoisotopic (exact) mass is 207 g/mol. The van der Waals surface area contributed by atoms with Crippen molar-refractivity contribution in [3.63, 3.8) is 0 Å². The lowest BCUT2D eigenvalue weighted by molar-refractivity contribution is 0.720. The smallest absolute Gasteiger partial charge is 0.0302 e. The Morgan fingerprint density at radius 2 is 2.21 bits per heavy atom. The van der Waals surface area contributed by atoms with Gasteiger partial charge in [0.2, 0.25) is 0 Å². The Morgan fingerprint density at radius 1 is 1.29 bits per heavy atom.